The van der Waals surface area contributed by atoms with Crippen molar-refractivity contribution in [3.8, 4) is 11.4 Å². The van der Waals surface area contributed by atoms with Crippen LogP contribution in [-0.4, -0.2) is 65.4 Å². The summed E-state index contributed by atoms with van der Waals surface area (Å²) in [4.78, 5) is 28.1. The molecule has 0 saturated heterocycles. The van der Waals surface area contributed by atoms with E-state index in [0.29, 0.717) is 18.8 Å². The Morgan fingerprint density at radius 2 is 1.92 bits per heavy atom. The minimum Gasteiger partial charge on any atom is -0.494 e. The number of hydrogen-bond donors (Lipinski definition) is 1. The number of carbonyl (C=O) groups is 2. The Balaban J connectivity index is 1.59. The fraction of sp³-hybridized carbons (Fsp3) is 0.370. The number of esters is 1. The van der Waals surface area contributed by atoms with E-state index >= 15 is 0 Å². The van der Waals surface area contributed by atoms with Gasteiger partial charge in [-0.3, -0.25) is 9.69 Å². The fourth-order valence-corrected chi connectivity index (χ4v) is 4.45. The summed E-state index contributed by atoms with van der Waals surface area (Å²) in [6, 6.07) is 13.8. The van der Waals surface area contributed by atoms with Crippen molar-refractivity contribution in [2.75, 3.05) is 33.9 Å². The number of para-hydroxylation sites is 2. The molecule has 0 aliphatic carbocycles. The minimum atomic E-state index is -0.487. The first-order valence-corrected chi connectivity index (χ1v) is 12.2. The summed E-state index contributed by atoms with van der Waals surface area (Å²) in [5, 5.41) is 7.50. The predicted octanol–water partition coefficient (Wildman–Crippen LogP) is 3.28. The van der Waals surface area contributed by atoms with Crippen molar-refractivity contribution in [3.05, 3.63) is 76.9 Å². The normalized spacial score (nSPS) is 13.1. The molecule has 9 nitrogen and oxygen atoms in total. The van der Waals surface area contributed by atoms with Crippen molar-refractivity contribution in [1.29, 1.82) is 0 Å². The van der Waals surface area contributed by atoms with E-state index in [-0.39, 0.29) is 25.5 Å². The number of ether oxygens (including phenoxy) is 2. The Morgan fingerprint density at radius 3 is 2.65 bits per heavy atom. The quantitative estimate of drug-likeness (QED) is 0.446. The number of urea groups is 1. The van der Waals surface area contributed by atoms with E-state index in [4.69, 9.17) is 14.6 Å². The third-order valence-corrected chi connectivity index (χ3v) is 6.28. The van der Waals surface area contributed by atoms with Crippen LogP contribution in [0.4, 0.5) is 9.18 Å². The summed E-state index contributed by atoms with van der Waals surface area (Å²) in [7, 11) is 3.29. The van der Waals surface area contributed by atoms with E-state index < -0.39 is 12.0 Å². The summed E-state index contributed by atoms with van der Waals surface area (Å²) in [6.07, 6.45) is 0.750. The van der Waals surface area contributed by atoms with Gasteiger partial charge in [-0.15, -0.1) is 0 Å². The van der Waals surface area contributed by atoms with Gasteiger partial charge in [0, 0.05) is 38.7 Å². The van der Waals surface area contributed by atoms with Gasteiger partial charge in [0.25, 0.3) is 0 Å². The summed E-state index contributed by atoms with van der Waals surface area (Å²) in [5.74, 6) is -0.0403. The van der Waals surface area contributed by atoms with E-state index in [1.165, 1.54) is 17.0 Å². The summed E-state index contributed by atoms with van der Waals surface area (Å²) in [6.45, 7) is 4.14. The molecule has 0 atom stereocenters. The molecule has 10 heteroatoms. The number of methoxy groups -OCH3 is 1. The average Bonchev–Trinajstić information content (AvgIpc) is 3.26. The van der Waals surface area contributed by atoms with Gasteiger partial charge in [-0.25, -0.2) is 13.9 Å². The van der Waals surface area contributed by atoms with Gasteiger partial charge in [0.2, 0.25) is 0 Å². The van der Waals surface area contributed by atoms with Crippen molar-refractivity contribution in [3.63, 3.8) is 0 Å². The molecule has 1 aliphatic heterocycles. The van der Waals surface area contributed by atoms with E-state index in [0.717, 1.165) is 41.2 Å². The topological polar surface area (TPSA) is 88.9 Å². The third-order valence-electron chi connectivity index (χ3n) is 6.28. The molecule has 1 N–H and O–H groups in total. The summed E-state index contributed by atoms with van der Waals surface area (Å²) < 4.78 is 25.7. The second-order valence-corrected chi connectivity index (χ2v) is 8.86. The highest BCUT2D eigenvalue weighted by atomic mass is 19.1. The van der Waals surface area contributed by atoms with Crippen LogP contribution >= 0.6 is 0 Å². The Labute approximate surface area is 215 Å². The highest BCUT2D eigenvalue weighted by Crippen LogP contribution is 2.30. The summed E-state index contributed by atoms with van der Waals surface area (Å²) >= 11 is 0. The number of fused-ring (bicyclic) bond motifs is 1. The van der Waals surface area contributed by atoms with E-state index in [1.807, 2.05) is 28.9 Å². The molecule has 0 radical (unpaired) electrons. The van der Waals surface area contributed by atoms with Crippen LogP contribution in [0.3, 0.4) is 0 Å². The zero-order valence-corrected chi connectivity index (χ0v) is 21.4. The number of nitrogens with zero attached hydrogens (tertiary/aromatic N) is 4. The molecule has 196 valence electrons. The molecule has 3 aromatic rings. The first kappa shape index (κ1) is 26.2. The van der Waals surface area contributed by atoms with Crippen molar-refractivity contribution in [2.24, 2.45) is 0 Å². The number of amides is 2. The molecule has 0 fully saturated rings. The van der Waals surface area contributed by atoms with Crippen LogP contribution in [0.25, 0.3) is 5.69 Å². The van der Waals surface area contributed by atoms with E-state index in [2.05, 4.69) is 10.2 Å². The van der Waals surface area contributed by atoms with Crippen LogP contribution in [0.5, 0.6) is 5.75 Å². The standard InChI is InChI=1S/C27H32FN5O4/c1-4-37-26(34)15-29-27(35)31(2)18-22-21-17-32(16-19-9-11-20(28)12-10-19)14-13-23(21)33(30-22)24-7-5-6-8-25(24)36-3/h5-12H,4,13-18H2,1-3H3,(H,29,35). The lowest BCUT2D eigenvalue weighted by molar-refractivity contribution is -0.141. The lowest BCUT2D eigenvalue weighted by Gasteiger charge is -2.28. The second kappa shape index (κ2) is 11.9. The van der Waals surface area contributed by atoms with Crippen LogP contribution in [0.15, 0.2) is 48.5 Å². The Morgan fingerprint density at radius 1 is 1.16 bits per heavy atom. The molecule has 4 rings (SSSR count). The molecular weight excluding hydrogens is 477 g/mol. The molecule has 2 amide bonds. The lowest BCUT2D eigenvalue weighted by Crippen LogP contribution is -2.40. The van der Waals surface area contributed by atoms with Gasteiger partial charge in [-0.05, 0) is 36.8 Å². The third kappa shape index (κ3) is 6.26. The van der Waals surface area contributed by atoms with Gasteiger partial charge in [0.15, 0.2) is 0 Å². The fourth-order valence-electron chi connectivity index (χ4n) is 4.45. The van der Waals surface area contributed by atoms with Crippen LogP contribution < -0.4 is 10.1 Å². The van der Waals surface area contributed by atoms with E-state index in [9.17, 15) is 14.0 Å². The molecule has 1 aromatic heterocycles. The number of benzene rings is 2. The first-order valence-electron chi connectivity index (χ1n) is 12.2. The maximum Gasteiger partial charge on any atom is 0.325 e. The first-order chi connectivity index (χ1) is 17.9. The maximum absolute atomic E-state index is 13.4. The van der Waals surface area contributed by atoms with Gasteiger partial charge in [-0.1, -0.05) is 24.3 Å². The van der Waals surface area contributed by atoms with Crippen molar-refractivity contribution in [1.82, 2.24) is 24.9 Å². The van der Waals surface area contributed by atoms with Crippen molar-refractivity contribution in [2.45, 2.75) is 33.0 Å². The van der Waals surface area contributed by atoms with Gasteiger partial charge in [0.05, 0.1) is 31.6 Å². The Bertz CT molecular complexity index is 1240. The zero-order chi connectivity index (χ0) is 26.4. The Hall–Kier alpha value is -3.92. The van der Waals surface area contributed by atoms with Crippen LogP contribution in [0, 0.1) is 5.82 Å². The van der Waals surface area contributed by atoms with Gasteiger partial charge < -0.3 is 19.7 Å². The number of rotatable bonds is 9. The summed E-state index contributed by atoms with van der Waals surface area (Å²) in [5.41, 5.74) is 4.73. The molecule has 37 heavy (non-hydrogen) atoms. The van der Waals surface area contributed by atoms with Crippen LogP contribution in [0.2, 0.25) is 0 Å². The maximum atomic E-state index is 13.4. The minimum absolute atomic E-state index is 0.198. The second-order valence-electron chi connectivity index (χ2n) is 8.86. The SMILES string of the molecule is CCOC(=O)CNC(=O)N(C)Cc1nn(-c2ccccc2OC)c2c1CN(Cc1ccc(F)cc1)CC2. The van der Waals surface area contributed by atoms with Crippen molar-refractivity contribution < 1.29 is 23.5 Å². The molecule has 1 aliphatic rings. The highest BCUT2D eigenvalue weighted by Gasteiger charge is 2.28. The molecule has 0 unspecified atom stereocenters. The largest absolute Gasteiger partial charge is 0.494 e. The molecule has 2 aromatic carbocycles. The van der Waals surface area contributed by atoms with Crippen LogP contribution in [-0.2, 0) is 35.6 Å². The van der Waals surface area contributed by atoms with Crippen molar-refractivity contribution >= 4 is 12.0 Å². The van der Waals surface area contributed by atoms with Gasteiger partial charge in [0.1, 0.15) is 23.8 Å². The molecular formula is C27H32FN5O4. The number of hydrogen-bond acceptors (Lipinski definition) is 6. The predicted molar refractivity (Wildman–Crippen MR) is 136 cm³/mol. The van der Waals surface area contributed by atoms with Gasteiger partial charge >= 0.3 is 12.0 Å². The molecule has 2 heterocycles. The Kier molecular flexibility index (Phi) is 8.39. The molecule has 0 saturated carbocycles. The van der Waals surface area contributed by atoms with E-state index in [1.54, 1.807) is 33.2 Å². The van der Waals surface area contributed by atoms with Gasteiger partial charge in [-0.2, -0.15) is 5.10 Å². The number of carbonyl (C=O) groups excluding carboxylic acids is 2. The van der Waals surface area contributed by atoms with Crippen LogP contribution in [0.1, 0.15) is 29.4 Å². The average molecular weight is 510 g/mol. The monoisotopic (exact) mass is 509 g/mol. The number of halogens is 1. The molecule has 0 bridgehead atoms. The highest BCUT2D eigenvalue weighted by molar-refractivity contribution is 5.80. The zero-order valence-electron chi connectivity index (χ0n) is 21.4. The smallest absolute Gasteiger partial charge is 0.325 e. The molecule has 0 spiro atoms. The lowest BCUT2D eigenvalue weighted by atomic mass is 10.0. The number of nitrogens with one attached hydrogen (secondary N) is 1. The number of aromatic nitrogens is 2.